The lowest BCUT2D eigenvalue weighted by molar-refractivity contribution is 0.0908. The molecule has 2 atom stereocenters. The van der Waals surface area contributed by atoms with Gasteiger partial charge in [-0.25, -0.2) is 0 Å². The number of aromatic nitrogens is 2. The number of aliphatic hydroxyl groups excluding tert-OH is 1. The van der Waals surface area contributed by atoms with Gasteiger partial charge in [0.05, 0.1) is 12.0 Å². The molecule has 0 spiro atoms. The van der Waals surface area contributed by atoms with Crippen molar-refractivity contribution in [3.05, 3.63) is 11.7 Å². The van der Waals surface area contributed by atoms with Crippen molar-refractivity contribution >= 4 is 0 Å². The highest BCUT2D eigenvalue weighted by Crippen LogP contribution is 2.39. The van der Waals surface area contributed by atoms with Gasteiger partial charge in [0.1, 0.15) is 0 Å². The number of nitrogens with zero attached hydrogens (tertiary/aromatic N) is 2. The van der Waals surface area contributed by atoms with E-state index in [-0.39, 0.29) is 12.0 Å². The monoisotopic (exact) mass is 208 g/mol. The fourth-order valence-corrected chi connectivity index (χ4v) is 2.30. The minimum absolute atomic E-state index is 0.0822. The maximum absolute atomic E-state index is 9.86. The van der Waals surface area contributed by atoms with Crippen LogP contribution in [-0.4, -0.2) is 21.4 Å². The van der Waals surface area contributed by atoms with Crippen LogP contribution in [-0.2, 0) is 0 Å². The van der Waals surface area contributed by atoms with Gasteiger partial charge in [0.25, 0.3) is 0 Å². The molecule has 4 heteroatoms. The van der Waals surface area contributed by atoms with E-state index in [1.807, 2.05) is 0 Å². The molecular weight excluding hydrogens is 192 g/mol. The summed E-state index contributed by atoms with van der Waals surface area (Å²) in [6, 6.07) is 0. The topological polar surface area (TPSA) is 59.2 Å². The van der Waals surface area contributed by atoms with Crippen molar-refractivity contribution in [1.82, 2.24) is 10.1 Å². The summed E-state index contributed by atoms with van der Waals surface area (Å²) in [6.45, 7) is 0. The summed E-state index contributed by atoms with van der Waals surface area (Å²) in [5.74, 6) is 2.12. The summed E-state index contributed by atoms with van der Waals surface area (Å²) in [5, 5.41) is 13.8. The van der Waals surface area contributed by atoms with Crippen LogP contribution in [0.5, 0.6) is 0 Å². The molecule has 4 nitrogen and oxygen atoms in total. The molecule has 0 aromatic carbocycles. The molecule has 2 fully saturated rings. The lowest BCUT2D eigenvalue weighted by Crippen LogP contribution is -2.22. The summed E-state index contributed by atoms with van der Waals surface area (Å²) >= 11 is 0. The first kappa shape index (κ1) is 9.33. The van der Waals surface area contributed by atoms with Crippen LogP contribution in [0.15, 0.2) is 4.52 Å². The Labute approximate surface area is 88.7 Å². The van der Waals surface area contributed by atoms with Crippen LogP contribution < -0.4 is 0 Å². The van der Waals surface area contributed by atoms with Gasteiger partial charge in [-0.2, -0.15) is 4.98 Å². The molecule has 82 valence electrons. The Hall–Kier alpha value is -0.900. The molecule has 0 amide bonds. The molecule has 2 unspecified atom stereocenters. The molecule has 1 aromatic heterocycles. The van der Waals surface area contributed by atoms with Gasteiger partial charge >= 0.3 is 0 Å². The molecule has 1 aromatic rings. The third-order valence-corrected chi connectivity index (χ3v) is 3.45. The number of hydrogen-bond donors (Lipinski definition) is 1. The van der Waals surface area contributed by atoms with Crippen molar-refractivity contribution in [1.29, 1.82) is 0 Å². The molecule has 0 bridgehead atoms. The van der Waals surface area contributed by atoms with E-state index in [9.17, 15) is 5.11 Å². The fourth-order valence-electron chi connectivity index (χ4n) is 2.30. The van der Waals surface area contributed by atoms with Gasteiger partial charge in [-0.1, -0.05) is 18.0 Å². The van der Waals surface area contributed by atoms with Crippen molar-refractivity contribution in [2.75, 3.05) is 0 Å². The van der Waals surface area contributed by atoms with E-state index >= 15 is 0 Å². The first-order chi connectivity index (χ1) is 7.34. The first-order valence-electron chi connectivity index (χ1n) is 5.86. The molecule has 0 radical (unpaired) electrons. The number of aliphatic hydroxyl groups is 1. The van der Waals surface area contributed by atoms with Gasteiger partial charge in [0.2, 0.25) is 5.89 Å². The highest BCUT2D eigenvalue weighted by atomic mass is 16.5. The second-order valence-corrected chi connectivity index (χ2v) is 4.72. The lowest BCUT2D eigenvalue weighted by atomic mass is 9.86. The summed E-state index contributed by atoms with van der Waals surface area (Å²) in [4.78, 5) is 4.41. The third kappa shape index (κ3) is 1.78. The van der Waals surface area contributed by atoms with Gasteiger partial charge < -0.3 is 9.63 Å². The molecule has 1 heterocycles. The zero-order valence-electron chi connectivity index (χ0n) is 8.72. The Morgan fingerprint density at radius 3 is 2.67 bits per heavy atom. The average molecular weight is 208 g/mol. The lowest BCUT2D eigenvalue weighted by Gasteiger charge is -2.24. The molecule has 2 aliphatic carbocycles. The largest absolute Gasteiger partial charge is 0.392 e. The summed E-state index contributed by atoms with van der Waals surface area (Å²) in [6.07, 6.45) is 6.20. The SMILES string of the molecule is OC1CCCCC1c1nc(C2CC2)no1. The number of rotatable bonds is 2. The van der Waals surface area contributed by atoms with Crippen molar-refractivity contribution in [2.45, 2.75) is 56.5 Å². The van der Waals surface area contributed by atoms with Crippen LogP contribution in [0, 0.1) is 0 Å². The van der Waals surface area contributed by atoms with E-state index in [0.717, 1.165) is 31.5 Å². The van der Waals surface area contributed by atoms with Crippen molar-refractivity contribution < 1.29 is 9.63 Å². The fraction of sp³-hybridized carbons (Fsp3) is 0.818. The standard InChI is InChI=1S/C11H16N2O2/c14-9-4-2-1-3-8(9)11-12-10(13-15-11)7-5-6-7/h7-9,14H,1-6H2. The summed E-state index contributed by atoms with van der Waals surface area (Å²) in [7, 11) is 0. The van der Waals surface area contributed by atoms with Gasteiger partial charge in [0, 0.05) is 5.92 Å². The van der Waals surface area contributed by atoms with Crippen molar-refractivity contribution in [2.24, 2.45) is 0 Å². The Bertz CT molecular complexity index is 346. The Morgan fingerprint density at radius 2 is 1.93 bits per heavy atom. The molecule has 1 N–H and O–H groups in total. The molecule has 2 saturated carbocycles. The second-order valence-electron chi connectivity index (χ2n) is 4.72. The van der Waals surface area contributed by atoms with Crippen LogP contribution in [0.25, 0.3) is 0 Å². The Balaban J connectivity index is 1.78. The highest BCUT2D eigenvalue weighted by Gasteiger charge is 2.33. The minimum Gasteiger partial charge on any atom is -0.392 e. The van der Waals surface area contributed by atoms with E-state index < -0.39 is 0 Å². The Kier molecular flexibility index (Phi) is 2.24. The van der Waals surface area contributed by atoms with E-state index in [0.29, 0.717) is 11.8 Å². The summed E-state index contributed by atoms with van der Waals surface area (Å²) < 4.78 is 5.25. The van der Waals surface area contributed by atoms with Crippen molar-refractivity contribution in [3.63, 3.8) is 0 Å². The number of hydrogen-bond acceptors (Lipinski definition) is 4. The molecular formula is C11H16N2O2. The van der Waals surface area contributed by atoms with E-state index in [1.54, 1.807) is 0 Å². The second kappa shape index (κ2) is 3.59. The quantitative estimate of drug-likeness (QED) is 0.807. The van der Waals surface area contributed by atoms with E-state index in [4.69, 9.17) is 4.52 Å². The van der Waals surface area contributed by atoms with Crippen LogP contribution in [0.4, 0.5) is 0 Å². The van der Waals surface area contributed by atoms with Crippen LogP contribution in [0.1, 0.15) is 62.1 Å². The average Bonchev–Trinajstić information content (AvgIpc) is 2.99. The van der Waals surface area contributed by atoms with E-state index in [1.165, 1.54) is 12.8 Å². The normalized spacial score (nSPS) is 31.8. The smallest absolute Gasteiger partial charge is 0.232 e. The zero-order valence-corrected chi connectivity index (χ0v) is 8.72. The Morgan fingerprint density at radius 1 is 1.13 bits per heavy atom. The van der Waals surface area contributed by atoms with Gasteiger partial charge in [-0.05, 0) is 25.7 Å². The first-order valence-corrected chi connectivity index (χ1v) is 5.86. The maximum Gasteiger partial charge on any atom is 0.232 e. The molecule has 0 aliphatic heterocycles. The third-order valence-electron chi connectivity index (χ3n) is 3.45. The predicted octanol–water partition coefficient (Wildman–Crippen LogP) is 1.97. The van der Waals surface area contributed by atoms with Crippen molar-refractivity contribution in [3.8, 4) is 0 Å². The highest BCUT2D eigenvalue weighted by molar-refractivity contribution is 5.06. The molecule has 15 heavy (non-hydrogen) atoms. The van der Waals surface area contributed by atoms with Gasteiger partial charge in [0.15, 0.2) is 5.82 Å². The van der Waals surface area contributed by atoms with Crippen LogP contribution in [0.3, 0.4) is 0 Å². The van der Waals surface area contributed by atoms with E-state index in [2.05, 4.69) is 10.1 Å². The van der Waals surface area contributed by atoms with Crippen LogP contribution in [0.2, 0.25) is 0 Å². The van der Waals surface area contributed by atoms with Gasteiger partial charge in [-0.3, -0.25) is 0 Å². The van der Waals surface area contributed by atoms with Gasteiger partial charge in [-0.15, -0.1) is 0 Å². The molecule has 2 aliphatic rings. The minimum atomic E-state index is -0.286. The molecule has 3 rings (SSSR count). The summed E-state index contributed by atoms with van der Waals surface area (Å²) in [5.41, 5.74) is 0. The molecule has 0 saturated heterocycles. The zero-order chi connectivity index (χ0) is 10.3. The van der Waals surface area contributed by atoms with Crippen LogP contribution >= 0.6 is 0 Å². The predicted molar refractivity (Wildman–Crippen MR) is 53.5 cm³/mol. The maximum atomic E-state index is 9.86.